The van der Waals surface area contributed by atoms with E-state index in [4.69, 9.17) is 23.2 Å². The summed E-state index contributed by atoms with van der Waals surface area (Å²) in [6, 6.07) is 5.30. The van der Waals surface area contributed by atoms with Gasteiger partial charge in [-0.15, -0.1) is 11.6 Å². The van der Waals surface area contributed by atoms with E-state index in [1.165, 1.54) is 6.08 Å². The number of H-pyrrole nitrogens is 1. The second-order valence-corrected chi connectivity index (χ2v) is 6.74. The van der Waals surface area contributed by atoms with E-state index in [9.17, 15) is 14.3 Å². The van der Waals surface area contributed by atoms with Gasteiger partial charge in [-0.2, -0.15) is 0 Å². The molecule has 1 aromatic carbocycles. The third kappa shape index (κ3) is 3.79. The molecule has 2 N–H and O–H groups in total. The van der Waals surface area contributed by atoms with E-state index in [0.29, 0.717) is 29.3 Å². The van der Waals surface area contributed by atoms with E-state index < -0.39 is 17.2 Å². The molecule has 0 saturated carbocycles. The van der Waals surface area contributed by atoms with E-state index in [1.54, 1.807) is 24.3 Å². The van der Waals surface area contributed by atoms with Gasteiger partial charge < -0.3 is 10.1 Å². The molecule has 2 atom stereocenters. The number of aromatic nitrogens is 2. The van der Waals surface area contributed by atoms with Gasteiger partial charge in [-0.25, -0.2) is 9.37 Å². The van der Waals surface area contributed by atoms with Gasteiger partial charge in [0.1, 0.15) is 11.7 Å². The highest BCUT2D eigenvalue weighted by atomic mass is 35.5. The number of allylic oxidation sites excluding steroid dienone is 4. The minimum absolute atomic E-state index is 0.111. The van der Waals surface area contributed by atoms with Gasteiger partial charge in [0.05, 0.1) is 22.8 Å². The quantitative estimate of drug-likeness (QED) is 0.755. The Morgan fingerprint density at radius 1 is 1.50 bits per heavy atom. The monoisotopic (exact) mass is 368 g/mol. The van der Waals surface area contributed by atoms with Gasteiger partial charge in [-0.3, -0.25) is 4.79 Å². The number of benzene rings is 1. The smallest absolute Gasteiger partial charge is 0.303 e. The number of nitrogens with zero attached hydrogens (tertiary/aromatic N) is 1. The summed E-state index contributed by atoms with van der Waals surface area (Å²) in [5.41, 5.74) is 2.18. The first-order chi connectivity index (χ1) is 11.4. The number of rotatable bonds is 5. The molecule has 0 radical (unpaired) electrons. The Bertz CT molecular complexity index is 844. The maximum atomic E-state index is 13.8. The number of carboxylic acid groups (broad SMARTS) is 1. The van der Waals surface area contributed by atoms with Crippen molar-refractivity contribution in [2.45, 2.75) is 24.6 Å². The summed E-state index contributed by atoms with van der Waals surface area (Å²) in [6.45, 7) is 0. The van der Waals surface area contributed by atoms with Crippen molar-refractivity contribution >= 4 is 40.2 Å². The van der Waals surface area contributed by atoms with Crippen LogP contribution in [-0.4, -0.2) is 26.4 Å². The molecule has 1 aliphatic carbocycles. The zero-order valence-corrected chi connectivity index (χ0v) is 14.1. The summed E-state index contributed by atoms with van der Waals surface area (Å²) < 4.78 is 13.8. The van der Waals surface area contributed by atoms with Crippen molar-refractivity contribution < 1.29 is 14.3 Å². The highest BCUT2D eigenvalue weighted by Gasteiger charge is 2.24. The minimum atomic E-state index is -0.943. The maximum Gasteiger partial charge on any atom is 0.303 e. The molecule has 0 amide bonds. The molecular formula is C17H15Cl2FN2O2. The van der Waals surface area contributed by atoms with Gasteiger partial charge in [0, 0.05) is 17.4 Å². The van der Waals surface area contributed by atoms with Crippen molar-refractivity contribution in [2.24, 2.45) is 5.92 Å². The topological polar surface area (TPSA) is 66.0 Å². The second-order valence-electron chi connectivity index (χ2n) is 5.78. The van der Waals surface area contributed by atoms with Gasteiger partial charge in [0.15, 0.2) is 0 Å². The number of carbonyl (C=O) groups is 1. The molecule has 0 aliphatic heterocycles. The first-order valence-electron chi connectivity index (χ1n) is 7.49. The van der Waals surface area contributed by atoms with Crippen LogP contribution in [0.2, 0.25) is 5.02 Å². The fourth-order valence-corrected chi connectivity index (χ4v) is 3.15. The van der Waals surface area contributed by atoms with Crippen LogP contribution in [0.4, 0.5) is 4.39 Å². The van der Waals surface area contributed by atoms with Crippen LogP contribution in [0.5, 0.6) is 0 Å². The van der Waals surface area contributed by atoms with E-state index in [-0.39, 0.29) is 12.3 Å². The van der Waals surface area contributed by atoms with Crippen LogP contribution in [0.1, 0.15) is 18.7 Å². The van der Waals surface area contributed by atoms with Crippen molar-refractivity contribution in [3.63, 3.8) is 0 Å². The lowest BCUT2D eigenvalue weighted by Gasteiger charge is -2.20. The predicted molar refractivity (Wildman–Crippen MR) is 92.1 cm³/mol. The van der Waals surface area contributed by atoms with E-state index in [2.05, 4.69) is 9.97 Å². The number of halogens is 3. The molecule has 0 bridgehead atoms. The van der Waals surface area contributed by atoms with Crippen molar-refractivity contribution in [3.05, 3.63) is 52.6 Å². The van der Waals surface area contributed by atoms with E-state index >= 15 is 0 Å². The average Bonchev–Trinajstić information content (AvgIpc) is 2.90. The first kappa shape index (κ1) is 17.0. The Morgan fingerprint density at radius 3 is 3.00 bits per heavy atom. The minimum Gasteiger partial charge on any atom is -0.481 e. The Balaban J connectivity index is 1.87. The predicted octanol–water partition coefficient (Wildman–Crippen LogP) is 4.64. The summed E-state index contributed by atoms with van der Waals surface area (Å²) in [7, 11) is 0. The Hall–Kier alpha value is -1.85. The van der Waals surface area contributed by atoms with Crippen LogP contribution in [-0.2, 0) is 11.2 Å². The molecule has 0 fully saturated rings. The molecule has 2 unspecified atom stereocenters. The molecular weight excluding hydrogens is 354 g/mol. The summed E-state index contributed by atoms with van der Waals surface area (Å²) in [5, 5.41) is 9.09. The number of alkyl halides is 1. The molecule has 1 heterocycles. The Kier molecular flexibility index (Phi) is 4.92. The molecule has 7 heteroatoms. The molecule has 126 valence electrons. The standard InChI is InChI=1S/C17H15Cl2FN2O2/c18-11-2-4-14-15(8-11)22-16(21-14)6-10(7-17(23)24)9-1-3-12(19)13(20)5-9/h1-2,4-5,8,10,12H,3,6-7H2,(H,21,22)(H,23,24). The maximum absolute atomic E-state index is 13.8. The molecule has 24 heavy (non-hydrogen) atoms. The summed E-state index contributed by atoms with van der Waals surface area (Å²) in [5.74, 6) is -1.11. The molecule has 1 aliphatic rings. The number of nitrogens with one attached hydrogen (secondary N) is 1. The fraction of sp³-hybridized carbons (Fsp3) is 0.294. The molecule has 0 saturated heterocycles. The number of aromatic amines is 1. The van der Waals surface area contributed by atoms with Crippen molar-refractivity contribution in [1.29, 1.82) is 0 Å². The summed E-state index contributed by atoms with van der Waals surface area (Å²) in [6.07, 6.45) is 3.74. The van der Waals surface area contributed by atoms with Crippen LogP contribution < -0.4 is 0 Å². The molecule has 4 nitrogen and oxygen atoms in total. The lowest BCUT2D eigenvalue weighted by Crippen LogP contribution is -2.16. The average molecular weight is 369 g/mol. The first-order valence-corrected chi connectivity index (χ1v) is 8.31. The van der Waals surface area contributed by atoms with Gasteiger partial charge in [-0.05, 0) is 36.3 Å². The van der Waals surface area contributed by atoms with Gasteiger partial charge in [0.25, 0.3) is 0 Å². The molecule has 3 rings (SSSR count). The van der Waals surface area contributed by atoms with Crippen LogP contribution in [0.25, 0.3) is 11.0 Å². The summed E-state index contributed by atoms with van der Waals surface area (Å²) >= 11 is 11.8. The Labute approximate surface area is 148 Å². The number of aliphatic carboxylic acids is 1. The highest BCUT2D eigenvalue weighted by Crippen LogP contribution is 2.31. The molecule has 1 aromatic heterocycles. The number of fused-ring (bicyclic) bond motifs is 1. The number of hydrogen-bond acceptors (Lipinski definition) is 2. The molecule has 0 spiro atoms. The van der Waals surface area contributed by atoms with Gasteiger partial charge >= 0.3 is 5.97 Å². The van der Waals surface area contributed by atoms with Crippen LogP contribution >= 0.6 is 23.2 Å². The highest BCUT2D eigenvalue weighted by molar-refractivity contribution is 6.31. The zero-order valence-electron chi connectivity index (χ0n) is 12.6. The van der Waals surface area contributed by atoms with Gasteiger partial charge in [0.2, 0.25) is 0 Å². The van der Waals surface area contributed by atoms with Crippen LogP contribution in [0.15, 0.2) is 41.8 Å². The van der Waals surface area contributed by atoms with E-state index in [1.807, 2.05) is 0 Å². The SMILES string of the molecule is O=C(O)CC(Cc1nc2ccc(Cl)cc2[nH]1)C1=CCC(Cl)C(F)=C1. The lowest BCUT2D eigenvalue weighted by atomic mass is 9.88. The van der Waals surface area contributed by atoms with Crippen molar-refractivity contribution in [2.75, 3.05) is 0 Å². The second kappa shape index (κ2) is 6.95. The zero-order chi connectivity index (χ0) is 17.3. The number of carboxylic acids is 1. The van der Waals surface area contributed by atoms with Crippen LogP contribution in [0, 0.1) is 5.92 Å². The Morgan fingerprint density at radius 2 is 2.29 bits per heavy atom. The van der Waals surface area contributed by atoms with Crippen molar-refractivity contribution in [3.8, 4) is 0 Å². The largest absolute Gasteiger partial charge is 0.481 e. The number of imidazole rings is 1. The van der Waals surface area contributed by atoms with E-state index in [0.717, 1.165) is 11.0 Å². The summed E-state index contributed by atoms with van der Waals surface area (Å²) in [4.78, 5) is 18.8. The molecule has 2 aromatic rings. The third-order valence-electron chi connectivity index (χ3n) is 3.99. The fourth-order valence-electron chi connectivity index (χ4n) is 2.83. The lowest BCUT2D eigenvalue weighted by molar-refractivity contribution is -0.137. The third-order valence-corrected chi connectivity index (χ3v) is 4.61. The number of hydrogen-bond donors (Lipinski definition) is 2. The normalized spacial score (nSPS) is 19.0. The van der Waals surface area contributed by atoms with Gasteiger partial charge in [-0.1, -0.05) is 17.7 Å². The van der Waals surface area contributed by atoms with Crippen molar-refractivity contribution in [1.82, 2.24) is 9.97 Å². The van der Waals surface area contributed by atoms with Crippen LogP contribution in [0.3, 0.4) is 0 Å².